The van der Waals surface area contributed by atoms with Crippen molar-refractivity contribution < 1.29 is 0 Å². The molecular weight excluding hydrogens is 222 g/mol. The van der Waals surface area contributed by atoms with Gasteiger partial charge in [-0.05, 0) is 71.5 Å². The van der Waals surface area contributed by atoms with E-state index in [2.05, 4.69) is 54.3 Å². The van der Waals surface area contributed by atoms with Gasteiger partial charge in [0.15, 0.2) is 0 Å². The molecule has 0 aliphatic carbocycles. The summed E-state index contributed by atoms with van der Waals surface area (Å²) in [7, 11) is 6.45. The molecule has 0 unspecified atom stereocenters. The molecule has 1 fully saturated rings. The van der Waals surface area contributed by atoms with E-state index in [0.29, 0.717) is 6.04 Å². The third kappa shape index (κ3) is 3.53. The van der Waals surface area contributed by atoms with Crippen molar-refractivity contribution >= 4 is 0 Å². The van der Waals surface area contributed by atoms with Crippen LogP contribution in [0.2, 0.25) is 0 Å². The minimum atomic E-state index is 0.591. The Hall–Kier alpha value is -0.930. The molecule has 0 N–H and O–H groups in total. The summed E-state index contributed by atoms with van der Waals surface area (Å²) in [5, 5.41) is 0. The van der Waals surface area contributed by atoms with Crippen LogP contribution in [0.25, 0.3) is 0 Å². The van der Waals surface area contributed by atoms with Gasteiger partial charge < -0.3 is 4.90 Å². The monoisotopic (exact) mass is 247 g/mol. The van der Waals surface area contributed by atoms with Gasteiger partial charge in [-0.25, -0.2) is 0 Å². The number of aromatic nitrogens is 1. The van der Waals surface area contributed by atoms with E-state index in [1.807, 2.05) is 0 Å². The average molecular weight is 247 g/mol. The van der Waals surface area contributed by atoms with Gasteiger partial charge in [0.1, 0.15) is 0 Å². The number of likely N-dealkylation sites (tertiary alicyclic amines) is 1. The van der Waals surface area contributed by atoms with Crippen LogP contribution >= 0.6 is 0 Å². The second kappa shape index (κ2) is 6.30. The quantitative estimate of drug-likeness (QED) is 0.796. The zero-order valence-corrected chi connectivity index (χ0v) is 11.9. The lowest BCUT2D eigenvalue weighted by Gasteiger charge is -2.19. The van der Waals surface area contributed by atoms with E-state index in [-0.39, 0.29) is 0 Å². The minimum Gasteiger partial charge on any atom is -0.309 e. The highest BCUT2D eigenvalue weighted by atomic mass is 15.1. The standard InChI is InChI=1S/C15H25N3/c1-17(2)10-4-6-14-9-8-13(12-16-14)15-7-5-11-18(15)3/h8-9,12,15H,4-7,10-11H2,1-3H3/t15-/m0/s1. The highest BCUT2D eigenvalue weighted by Gasteiger charge is 2.22. The Morgan fingerprint density at radius 1 is 1.39 bits per heavy atom. The molecule has 0 radical (unpaired) electrons. The van der Waals surface area contributed by atoms with Crippen molar-refractivity contribution in [1.29, 1.82) is 0 Å². The molecule has 0 aromatic carbocycles. The molecular formula is C15H25N3. The van der Waals surface area contributed by atoms with Crippen LogP contribution in [-0.2, 0) is 6.42 Å². The topological polar surface area (TPSA) is 19.4 Å². The van der Waals surface area contributed by atoms with Crippen LogP contribution in [0.1, 0.15) is 36.6 Å². The lowest BCUT2D eigenvalue weighted by atomic mass is 10.1. The van der Waals surface area contributed by atoms with Crippen LogP contribution in [-0.4, -0.2) is 49.0 Å². The van der Waals surface area contributed by atoms with Crippen LogP contribution in [0.4, 0.5) is 0 Å². The highest BCUT2D eigenvalue weighted by molar-refractivity contribution is 5.19. The first-order valence-electron chi connectivity index (χ1n) is 6.96. The van der Waals surface area contributed by atoms with Crippen molar-refractivity contribution in [3.05, 3.63) is 29.6 Å². The van der Waals surface area contributed by atoms with Gasteiger partial charge in [0, 0.05) is 17.9 Å². The van der Waals surface area contributed by atoms with Crippen LogP contribution in [0.5, 0.6) is 0 Å². The van der Waals surface area contributed by atoms with Crippen LogP contribution < -0.4 is 0 Å². The summed E-state index contributed by atoms with van der Waals surface area (Å²) in [5.41, 5.74) is 2.60. The van der Waals surface area contributed by atoms with Gasteiger partial charge in [0.2, 0.25) is 0 Å². The first-order valence-corrected chi connectivity index (χ1v) is 6.96. The summed E-state index contributed by atoms with van der Waals surface area (Å²) >= 11 is 0. The summed E-state index contributed by atoms with van der Waals surface area (Å²) < 4.78 is 0. The molecule has 0 bridgehead atoms. The summed E-state index contributed by atoms with van der Waals surface area (Å²) in [4.78, 5) is 9.27. The Morgan fingerprint density at radius 3 is 2.78 bits per heavy atom. The number of rotatable bonds is 5. The fraction of sp³-hybridized carbons (Fsp3) is 0.667. The van der Waals surface area contributed by atoms with E-state index >= 15 is 0 Å². The Bertz CT molecular complexity index is 359. The molecule has 3 nitrogen and oxygen atoms in total. The van der Waals surface area contributed by atoms with E-state index in [1.54, 1.807) is 0 Å². The van der Waals surface area contributed by atoms with Gasteiger partial charge >= 0.3 is 0 Å². The van der Waals surface area contributed by atoms with Crippen LogP contribution in [0, 0.1) is 0 Å². The van der Waals surface area contributed by atoms with Gasteiger partial charge in [-0.1, -0.05) is 6.07 Å². The van der Waals surface area contributed by atoms with E-state index in [9.17, 15) is 0 Å². The smallest absolute Gasteiger partial charge is 0.0404 e. The lowest BCUT2D eigenvalue weighted by Crippen LogP contribution is -2.17. The summed E-state index contributed by atoms with van der Waals surface area (Å²) in [6.45, 7) is 2.35. The summed E-state index contributed by atoms with van der Waals surface area (Å²) in [6, 6.07) is 5.06. The average Bonchev–Trinajstić information content (AvgIpc) is 2.76. The molecule has 18 heavy (non-hydrogen) atoms. The molecule has 2 heterocycles. The molecule has 2 rings (SSSR count). The van der Waals surface area contributed by atoms with Crippen molar-refractivity contribution in [2.75, 3.05) is 34.2 Å². The number of hydrogen-bond donors (Lipinski definition) is 0. The molecule has 1 aliphatic rings. The SMILES string of the molecule is CN(C)CCCc1ccc([C@@H]2CCCN2C)cn1. The van der Waals surface area contributed by atoms with Crippen LogP contribution in [0.3, 0.4) is 0 Å². The predicted octanol–water partition coefficient (Wildman–Crippen LogP) is 2.34. The third-order valence-electron chi connectivity index (χ3n) is 3.79. The number of aryl methyl sites for hydroxylation is 1. The van der Waals surface area contributed by atoms with Gasteiger partial charge in [0.25, 0.3) is 0 Å². The van der Waals surface area contributed by atoms with Gasteiger partial charge in [-0.15, -0.1) is 0 Å². The fourth-order valence-electron chi connectivity index (χ4n) is 2.69. The summed E-state index contributed by atoms with van der Waals surface area (Å²) in [5.74, 6) is 0. The largest absolute Gasteiger partial charge is 0.309 e. The van der Waals surface area contributed by atoms with Crippen molar-refractivity contribution in [2.24, 2.45) is 0 Å². The molecule has 1 aromatic rings. The van der Waals surface area contributed by atoms with Gasteiger partial charge in [-0.3, -0.25) is 9.88 Å². The van der Waals surface area contributed by atoms with Gasteiger partial charge in [0.05, 0.1) is 0 Å². The lowest BCUT2D eigenvalue weighted by molar-refractivity contribution is 0.317. The van der Waals surface area contributed by atoms with E-state index in [0.717, 1.165) is 13.0 Å². The van der Waals surface area contributed by atoms with E-state index in [1.165, 1.54) is 37.1 Å². The molecule has 0 saturated carbocycles. The molecule has 3 heteroatoms. The zero-order chi connectivity index (χ0) is 13.0. The highest BCUT2D eigenvalue weighted by Crippen LogP contribution is 2.29. The van der Waals surface area contributed by atoms with E-state index in [4.69, 9.17) is 0 Å². The zero-order valence-electron chi connectivity index (χ0n) is 11.9. The predicted molar refractivity (Wildman–Crippen MR) is 75.7 cm³/mol. The maximum Gasteiger partial charge on any atom is 0.0404 e. The Morgan fingerprint density at radius 2 is 2.22 bits per heavy atom. The number of nitrogens with zero attached hydrogens (tertiary/aromatic N) is 3. The maximum absolute atomic E-state index is 4.61. The van der Waals surface area contributed by atoms with Crippen LogP contribution in [0.15, 0.2) is 18.3 Å². The Labute approximate surface area is 111 Å². The van der Waals surface area contributed by atoms with Crippen molar-refractivity contribution in [2.45, 2.75) is 31.7 Å². The summed E-state index contributed by atoms with van der Waals surface area (Å²) in [6.07, 6.45) is 6.93. The van der Waals surface area contributed by atoms with E-state index < -0.39 is 0 Å². The fourth-order valence-corrected chi connectivity index (χ4v) is 2.69. The second-order valence-corrected chi connectivity index (χ2v) is 5.63. The Balaban J connectivity index is 1.89. The second-order valence-electron chi connectivity index (χ2n) is 5.63. The number of pyridine rings is 1. The molecule has 1 aromatic heterocycles. The molecule has 1 atom stereocenters. The molecule has 0 amide bonds. The minimum absolute atomic E-state index is 0.591. The normalized spacial score (nSPS) is 20.8. The first-order chi connectivity index (χ1) is 8.66. The van der Waals surface area contributed by atoms with Crippen molar-refractivity contribution in [1.82, 2.24) is 14.8 Å². The molecule has 1 saturated heterocycles. The third-order valence-corrected chi connectivity index (χ3v) is 3.79. The molecule has 0 spiro atoms. The van der Waals surface area contributed by atoms with Gasteiger partial charge in [-0.2, -0.15) is 0 Å². The molecule has 1 aliphatic heterocycles. The molecule has 100 valence electrons. The number of hydrogen-bond acceptors (Lipinski definition) is 3. The Kier molecular flexibility index (Phi) is 4.72. The maximum atomic E-state index is 4.61. The first kappa shape index (κ1) is 13.5. The van der Waals surface area contributed by atoms with Crippen molar-refractivity contribution in [3.8, 4) is 0 Å². The van der Waals surface area contributed by atoms with Crippen molar-refractivity contribution in [3.63, 3.8) is 0 Å².